The Morgan fingerprint density at radius 3 is 2.55 bits per heavy atom. The van der Waals surface area contributed by atoms with Crippen LogP contribution in [0.3, 0.4) is 0 Å². The summed E-state index contributed by atoms with van der Waals surface area (Å²) in [5.41, 5.74) is -0.105. The summed E-state index contributed by atoms with van der Waals surface area (Å²) in [6.45, 7) is 3.23. The largest absolute Gasteiger partial charge is 0.512 e. The molecule has 0 unspecified atom stereocenters. The summed E-state index contributed by atoms with van der Waals surface area (Å²) in [4.78, 5) is 10.8. The number of esters is 1. The van der Waals surface area contributed by atoms with Gasteiger partial charge in [0.25, 0.3) is 0 Å². The van der Waals surface area contributed by atoms with Crippen LogP contribution in [0, 0.1) is 5.41 Å². The maximum Gasteiger partial charge on any atom is 0.343 e. The molecule has 0 aromatic carbocycles. The average molecular weight is 157 g/mol. The van der Waals surface area contributed by atoms with Crippen LogP contribution in [0.2, 0.25) is 0 Å². The molecule has 4 nitrogen and oxygen atoms in total. The van der Waals surface area contributed by atoms with Crippen LogP contribution in [0.25, 0.3) is 0 Å². The number of aliphatic hydroxyl groups is 1. The van der Waals surface area contributed by atoms with Gasteiger partial charge in [0.15, 0.2) is 0 Å². The highest BCUT2D eigenvalue weighted by Gasteiger charge is 2.10. The van der Waals surface area contributed by atoms with E-state index in [0.717, 1.165) is 6.21 Å². The quantitative estimate of drug-likeness (QED) is 0.278. The van der Waals surface area contributed by atoms with E-state index in [9.17, 15) is 4.79 Å². The summed E-state index contributed by atoms with van der Waals surface area (Å²) in [6.07, 6.45) is 0.771. The van der Waals surface area contributed by atoms with E-state index in [4.69, 9.17) is 10.5 Å². The van der Waals surface area contributed by atoms with Gasteiger partial charge in [0.2, 0.25) is 0 Å². The number of carbonyl (C=O) groups is 1. The summed E-state index contributed by atoms with van der Waals surface area (Å²) < 4.78 is 4.55. The van der Waals surface area contributed by atoms with Crippen LogP contribution in [0.4, 0.5) is 0 Å². The van der Waals surface area contributed by atoms with E-state index in [-0.39, 0.29) is 17.9 Å². The third kappa shape index (κ3) is 2.84. The second-order valence-electron chi connectivity index (χ2n) is 1.86. The first-order chi connectivity index (χ1) is 5.13. The van der Waals surface area contributed by atoms with Crippen molar-refractivity contribution in [1.29, 1.82) is 5.41 Å². The molecule has 0 spiro atoms. The first-order valence-corrected chi connectivity index (χ1v) is 3.20. The maximum atomic E-state index is 10.8. The Morgan fingerprint density at radius 2 is 2.27 bits per heavy atom. The summed E-state index contributed by atoms with van der Waals surface area (Å²) in [6, 6.07) is 0. The molecule has 0 aliphatic heterocycles. The fourth-order valence-electron chi connectivity index (χ4n) is 0.520. The zero-order valence-electron chi connectivity index (χ0n) is 6.55. The van der Waals surface area contributed by atoms with Crippen molar-refractivity contribution in [2.45, 2.75) is 13.8 Å². The van der Waals surface area contributed by atoms with E-state index in [1.54, 1.807) is 6.92 Å². The fourth-order valence-corrected chi connectivity index (χ4v) is 0.520. The summed E-state index contributed by atoms with van der Waals surface area (Å²) in [7, 11) is 0. The smallest absolute Gasteiger partial charge is 0.343 e. The second kappa shape index (κ2) is 4.49. The van der Waals surface area contributed by atoms with Gasteiger partial charge in [0.1, 0.15) is 11.3 Å². The molecule has 0 radical (unpaired) electrons. The minimum absolute atomic E-state index is 0.105. The molecule has 0 heterocycles. The summed E-state index contributed by atoms with van der Waals surface area (Å²) in [5, 5.41) is 15.6. The van der Waals surface area contributed by atoms with Crippen LogP contribution in [0.1, 0.15) is 13.8 Å². The van der Waals surface area contributed by atoms with Crippen molar-refractivity contribution < 1.29 is 14.6 Å². The number of hydrogen-bond acceptors (Lipinski definition) is 4. The number of rotatable bonds is 3. The fraction of sp³-hybridized carbons (Fsp3) is 0.429. The van der Waals surface area contributed by atoms with Crippen molar-refractivity contribution in [3.63, 3.8) is 0 Å². The number of ether oxygens (including phenoxy) is 1. The van der Waals surface area contributed by atoms with Gasteiger partial charge < -0.3 is 15.3 Å². The van der Waals surface area contributed by atoms with Crippen molar-refractivity contribution in [3.8, 4) is 0 Å². The number of nitrogens with one attached hydrogen (secondary N) is 1. The molecule has 0 saturated carbocycles. The van der Waals surface area contributed by atoms with Gasteiger partial charge in [0, 0.05) is 6.21 Å². The molecule has 0 saturated heterocycles. The SMILES string of the molecule is CCOC(=O)/C(C=N)=C(\C)O. The van der Waals surface area contributed by atoms with E-state index < -0.39 is 5.97 Å². The van der Waals surface area contributed by atoms with Crippen LogP contribution in [0.15, 0.2) is 11.3 Å². The van der Waals surface area contributed by atoms with Gasteiger partial charge in [-0.25, -0.2) is 4.79 Å². The molecule has 0 rings (SSSR count). The predicted molar refractivity (Wildman–Crippen MR) is 40.7 cm³/mol. The Labute approximate surface area is 65.0 Å². The van der Waals surface area contributed by atoms with Crippen LogP contribution >= 0.6 is 0 Å². The van der Waals surface area contributed by atoms with Gasteiger partial charge in [-0.3, -0.25) is 0 Å². The monoisotopic (exact) mass is 157 g/mol. The van der Waals surface area contributed by atoms with Gasteiger partial charge in [-0.1, -0.05) is 0 Å². The van der Waals surface area contributed by atoms with E-state index in [1.807, 2.05) is 0 Å². The molecule has 0 bridgehead atoms. The third-order valence-corrected chi connectivity index (χ3v) is 1.03. The standard InChI is InChI=1S/C7H11NO3/c1-3-11-7(10)6(4-8)5(2)9/h4,8-9H,3H2,1-2H3/b6-5+,8-4?. The van der Waals surface area contributed by atoms with Crippen molar-refractivity contribution in [1.82, 2.24) is 0 Å². The van der Waals surface area contributed by atoms with Gasteiger partial charge in [-0.2, -0.15) is 0 Å². The molecule has 62 valence electrons. The van der Waals surface area contributed by atoms with Crippen LogP contribution < -0.4 is 0 Å². The third-order valence-electron chi connectivity index (χ3n) is 1.03. The minimum atomic E-state index is -0.664. The van der Waals surface area contributed by atoms with E-state index in [2.05, 4.69) is 4.74 Å². The number of aliphatic hydroxyl groups excluding tert-OH is 1. The Kier molecular flexibility index (Phi) is 3.95. The summed E-state index contributed by atoms with van der Waals surface area (Å²) >= 11 is 0. The zero-order valence-corrected chi connectivity index (χ0v) is 6.55. The van der Waals surface area contributed by atoms with E-state index in [0.29, 0.717) is 0 Å². The molecule has 2 N–H and O–H groups in total. The lowest BCUT2D eigenvalue weighted by Crippen LogP contribution is -2.10. The molecule has 0 amide bonds. The molecule has 0 aromatic heterocycles. The van der Waals surface area contributed by atoms with Gasteiger partial charge in [0.05, 0.1) is 6.61 Å². The number of allylic oxidation sites excluding steroid dienone is 1. The number of hydrogen-bond donors (Lipinski definition) is 2. The molecule has 11 heavy (non-hydrogen) atoms. The first kappa shape index (κ1) is 9.68. The van der Waals surface area contributed by atoms with Crippen molar-refractivity contribution in [2.75, 3.05) is 6.61 Å². The van der Waals surface area contributed by atoms with Crippen molar-refractivity contribution in [3.05, 3.63) is 11.3 Å². The van der Waals surface area contributed by atoms with Gasteiger partial charge >= 0.3 is 5.97 Å². The molecular weight excluding hydrogens is 146 g/mol. The molecular formula is C7H11NO3. The Bertz CT molecular complexity index is 192. The number of carbonyl (C=O) groups excluding carboxylic acids is 1. The topological polar surface area (TPSA) is 70.4 Å². The molecule has 0 aliphatic rings. The lowest BCUT2D eigenvalue weighted by molar-refractivity contribution is -0.138. The zero-order chi connectivity index (χ0) is 8.85. The molecule has 0 aliphatic carbocycles. The van der Waals surface area contributed by atoms with Crippen molar-refractivity contribution in [2.24, 2.45) is 0 Å². The Hall–Kier alpha value is -1.32. The van der Waals surface area contributed by atoms with E-state index in [1.165, 1.54) is 6.92 Å². The van der Waals surface area contributed by atoms with Crippen LogP contribution in [-0.2, 0) is 9.53 Å². The average Bonchev–Trinajstić information content (AvgIpc) is 1.88. The van der Waals surface area contributed by atoms with Crippen molar-refractivity contribution >= 4 is 12.2 Å². The predicted octanol–water partition coefficient (Wildman–Crippen LogP) is 1.03. The van der Waals surface area contributed by atoms with Gasteiger partial charge in [-0.05, 0) is 13.8 Å². The molecule has 0 atom stereocenters. The van der Waals surface area contributed by atoms with Crippen LogP contribution in [0.5, 0.6) is 0 Å². The highest BCUT2D eigenvalue weighted by molar-refractivity contribution is 6.08. The lowest BCUT2D eigenvalue weighted by atomic mass is 10.2. The lowest BCUT2D eigenvalue weighted by Gasteiger charge is -2.01. The minimum Gasteiger partial charge on any atom is -0.512 e. The molecule has 0 fully saturated rings. The van der Waals surface area contributed by atoms with Gasteiger partial charge in [-0.15, -0.1) is 0 Å². The maximum absolute atomic E-state index is 10.8. The molecule has 0 aromatic rings. The Balaban J connectivity index is 4.40. The summed E-state index contributed by atoms with van der Waals surface area (Å²) in [5.74, 6) is -0.860. The highest BCUT2D eigenvalue weighted by atomic mass is 16.5. The normalized spacial score (nSPS) is 11.8. The molecule has 4 heteroatoms. The van der Waals surface area contributed by atoms with Crippen LogP contribution in [-0.4, -0.2) is 23.9 Å². The Morgan fingerprint density at radius 1 is 1.73 bits per heavy atom. The van der Waals surface area contributed by atoms with E-state index >= 15 is 0 Å². The second-order valence-corrected chi connectivity index (χ2v) is 1.86. The first-order valence-electron chi connectivity index (χ1n) is 3.20. The highest BCUT2D eigenvalue weighted by Crippen LogP contribution is 1.99.